The zero-order valence-corrected chi connectivity index (χ0v) is 18.4. The number of aliphatic carboxylic acids is 1. The summed E-state index contributed by atoms with van der Waals surface area (Å²) in [4.78, 5) is 11.2. The third-order valence-electron chi connectivity index (χ3n) is 4.16. The van der Waals surface area contributed by atoms with Gasteiger partial charge in [0.25, 0.3) is 0 Å². The molecule has 0 saturated carbocycles. The Morgan fingerprint density at radius 2 is 1.87 bits per heavy atom. The molecule has 2 rings (SSSR count). The van der Waals surface area contributed by atoms with Gasteiger partial charge in [0.1, 0.15) is 23.9 Å². The number of allylic oxidation sites excluding steroid dienone is 1. The molecule has 0 aliphatic rings. The molecule has 0 aliphatic heterocycles. The van der Waals surface area contributed by atoms with E-state index in [1.807, 2.05) is 12.1 Å². The van der Waals surface area contributed by atoms with Crippen molar-refractivity contribution in [3.05, 3.63) is 64.7 Å². The molecule has 0 aliphatic carbocycles. The highest BCUT2D eigenvalue weighted by molar-refractivity contribution is 6.32. The van der Waals surface area contributed by atoms with E-state index in [0.717, 1.165) is 11.1 Å². The maximum atomic E-state index is 11.2. The van der Waals surface area contributed by atoms with Crippen molar-refractivity contribution in [2.24, 2.45) is 0 Å². The lowest BCUT2D eigenvalue weighted by Gasteiger charge is -2.13. The van der Waals surface area contributed by atoms with Crippen molar-refractivity contribution in [3.8, 4) is 29.1 Å². The van der Waals surface area contributed by atoms with Crippen LogP contribution in [0.5, 0.6) is 17.2 Å². The summed E-state index contributed by atoms with van der Waals surface area (Å²) in [6.07, 6.45) is 2.78. The highest BCUT2D eigenvalue weighted by atomic mass is 35.5. The summed E-state index contributed by atoms with van der Waals surface area (Å²) in [6.45, 7) is 2.36. The Balaban J connectivity index is 1.92. The average molecular weight is 445 g/mol. The number of ether oxygens (including phenoxy) is 4. The number of hydrogen-bond acceptors (Lipinski definition) is 5. The molecule has 0 amide bonds. The number of carboxylic acids is 1. The molecule has 1 atom stereocenters. The first-order chi connectivity index (χ1) is 15.0. The van der Waals surface area contributed by atoms with Crippen molar-refractivity contribution >= 4 is 17.6 Å². The molecule has 1 N–H and O–H groups in total. The third-order valence-corrected chi connectivity index (χ3v) is 4.46. The van der Waals surface area contributed by atoms with Crippen molar-refractivity contribution in [2.45, 2.75) is 19.4 Å². The van der Waals surface area contributed by atoms with Crippen LogP contribution in [-0.4, -0.2) is 44.6 Å². The van der Waals surface area contributed by atoms with E-state index in [9.17, 15) is 9.90 Å². The molecule has 6 nitrogen and oxygen atoms in total. The van der Waals surface area contributed by atoms with Crippen LogP contribution in [0.2, 0.25) is 5.02 Å². The lowest BCUT2D eigenvalue weighted by molar-refractivity contribution is -0.149. The van der Waals surface area contributed by atoms with Crippen LogP contribution in [0.1, 0.15) is 18.1 Å². The molecular formula is C24H25ClO6. The Hall–Kier alpha value is -3.14. The Bertz CT molecular complexity index is 952. The molecule has 0 radical (unpaired) electrons. The summed E-state index contributed by atoms with van der Waals surface area (Å²) in [7, 11) is 3.18. The minimum Gasteiger partial charge on any atom is -0.497 e. The molecule has 2 aromatic rings. The average Bonchev–Trinajstić information content (AvgIpc) is 2.76. The fourth-order valence-electron chi connectivity index (χ4n) is 2.67. The standard InChI is InChI=1S/C24H25ClO6/c1-4-30-23(24(26)27)15-18-9-10-22(21(25)14-18)31-11-7-5-6-8-17-12-19(28-2)16-20(13-17)29-3/h5,7,9-10,12-14,16,23H,4,11,15H2,1-3H3,(H,26,27). The number of carboxylic acid groups (broad SMARTS) is 1. The van der Waals surface area contributed by atoms with Crippen molar-refractivity contribution in [3.63, 3.8) is 0 Å². The number of rotatable bonds is 10. The molecule has 2 aromatic carbocycles. The number of carbonyl (C=O) groups is 1. The second-order valence-electron chi connectivity index (χ2n) is 6.34. The van der Waals surface area contributed by atoms with E-state index >= 15 is 0 Å². The molecule has 1 unspecified atom stereocenters. The molecule has 0 saturated heterocycles. The van der Waals surface area contributed by atoms with Gasteiger partial charge in [0.05, 0.1) is 19.2 Å². The van der Waals surface area contributed by atoms with E-state index in [1.54, 1.807) is 57.6 Å². The smallest absolute Gasteiger partial charge is 0.333 e. The molecule has 0 bridgehead atoms. The van der Waals surface area contributed by atoms with Gasteiger partial charge in [0, 0.05) is 24.7 Å². The topological polar surface area (TPSA) is 74.2 Å². The summed E-state index contributed by atoms with van der Waals surface area (Å²) in [5, 5.41) is 9.59. The maximum absolute atomic E-state index is 11.2. The van der Waals surface area contributed by atoms with Gasteiger partial charge in [-0.05, 0) is 48.9 Å². The summed E-state index contributed by atoms with van der Waals surface area (Å²) in [6, 6.07) is 10.6. The predicted molar refractivity (Wildman–Crippen MR) is 119 cm³/mol. The monoisotopic (exact) mass is 444 g/mol. The van der Waals surface area contributed by atoms with Crippen LogP contribution in [-0.2, 0) is 16.0 Å². The largest absolute Gasteiger partial charge is 0.497 e. The van der Waals surface area contributed by atoms with Gasteiger partial charge in [-0.25, -0.2) is 4.79 Å². The van der Waals surface area contributed by atoms with Crippen LogP contribution in [0.25, 0.3) is 0 Å². The summed E-state index contributed by atoms with van der Waals surface area (Å²) < 4.78 is 21.3. The molecule has 0 aromatic heterocycles. The van der Waals surface area contributed by atoms with E-state index in [4.69, 9.17) is 30.5 Å². The van der Waals surface area contributed by atoms with Crippen molar-refractivity contribution < 1.29 is 28.8 Å². The number of methoxy groups -OCH3 is 2. The van der Waals surface area contributed by atoms with Gasteiger partial charge in [-0.3, -0.25) is 0 Å². The first kappa shape index (κ1) is 24.1. The predicted octanol–water partition coefficient (Wildman–Crippen LogP) is 4.38. The van der Waals surface area contributed by atoms with Crippen LogP contribution < -0.4 is 14.2 Å². The van der Waals surface area contributed by atoms with Gasteiger partial charge >= 0.3 is 5.97 Å². The lowest BCUT2D eigenvalue weighted by atomic mass is 10.1. The molecular weight excluding hydrogens is 420 g/mol. The molecule has 0 fully saturated rings. The SMILES string of the molecule is CCOC(Cc1ccc(OCC=CC#Cc2cc(OC)cc(OC)c2)c(Cl)c1)C(=O)O. The van der Waals surface area contributed by atoms with Gasteiger partial charge in [-0.1, -0.05) is 29.5 Å². The van der Waals surface area contributed by atoms with E-state index < -0.39 is 12.1 Å². The Labute approximate surface area is 187 Å². The first-order valence-corrected chi connectivity index (χ1v) is 9.99. The molecule has 0 spiro atoms. The number of benzene rings is 2. The Morgan fingerprint density at radius 1 is 1.16 bits per heavy atom. The quantitative estimate of drug-likeness (QED) is 0.548. The Morgan fingerprint density at radius 3 is 2.45 bits per heavy atom. The van der Waals surface area contributed by atoms with Crippen molar-refractivity contribution in [2.75, 3.05) is 27.4 Å². The van der Waals surface area contributed by atoms with Gasteiger partial charge < -0.3 is 24.1 Å². The van der Waals surface area contributed by atoms with E-state index in [0.29, 0.717) is 28.9 Å². The van der Waals surface area contributed by atoms with Crippen LogP contribution >= 0.6 is 11.6 Å². The normalized spacial score (nSPS) is 11.5. The Kier molecular flexibility index (Phi) is 9.76. The minimum atomic E-state index is -1.00. The van der Waals surface area contributed by atoms with E-state index in [-0.39, 0.29) is 13.0 Å². The molecule has 7 heteroatoms. The van der Waals surface area contributed by atoms with Gasteiger partial charge in [-0.15, -0.1) is 0 Å². The van der Waals surface area contributed by atoms with Gasteiger partial charge in [-0.2, -0.15) is 0 Å². The lowest BCUT2D eigenvalue weighted by Crippen LogP contribution is -2.26. The van der Waals surface area contributed by atoms with Gasteiger partial charge in [0.2, 0.25) is 0 Å². The summed E-state index contributed by atoms with van der Waals surface area (Å²) >= 11 is 6.26. The van der Waals surface area contributed by atoms with Crippen molar-refractivity contribution in [1.29, 1.82) is 0 Å². The highest BCUT2D eigenvalue weighted by Gasteiger charge is 2.18. The van der Waals surface area contributed by atoms with E-state index in [1.165, 1.54) is 0 Å². The van der Waals surface area contributed by atoms with Crippen LogP contribution in [0.4, 0.5) is 0 Å². The minimum absolute atomic E-state index is 0.230. The second-order valence-corrected chi connectivity index (χ2v) is 6.74. The van der Waals surface area contributed by atoms with Crippen LogP contribution in [0.3, 0.4) is 0 Å². The maximum Gasteiger partial charge on any atom is 0.333 e. The van der Waals surface area contributed by atoms with Crippen LogP contribution in [0, 0.1) is 11.8 Å². The first-order valence-electron chi connectivity index (χ1n) is 9.62. The molecule has 31 heavy (non-hydrogen) atoms. The summed E-state index contributed by atoms with van der Waals surface area (Å²) in [5.41, 5.74) is 1.53. The zero-order valence-electron chi connectivity index (χ0n) is 17.7. The molecule has 0 heterocycles. The fourth-order valence-corrected chi connectivity index (χ4v) is 2.93. The number of hydrogen-bond donors (Lipinski definition) is 1. The third kappa shape index (κ3) is 7.89. The zero-order chi connectivity index (χ0) is 22.6. The van der Waals surface area contributed by atoms with Crippen molar-refractivity contribution in [1.82, 2.24) is 0 Å². The fraction of sp³-hybridized carbons (Fsp3) is 0.292. The highest BCUT2D eigenvalue weighted by Crippen LogP contribution is 2.26. The van der Waals surface area contributed by atoms with E-state index in [2.05, 4.69) is 11.8 Å². The van der Waals surface area contributed by atoms with Crippen LogP contribution in [0.15, 0.2) is 48.6 Å². The van der Waals surface area contributed by atoms with Gasteiger partial charge in [0.15, 0.2) is 6.10 Å². The molecule has 164 valence electrons. The summed E-state index contributed by atoms with van der Waals surface area (Å²) in [5.74, 6) is 6.79. The number of halogens is 1. The second kappa shape index (κ2) is 12.5.